The first-order chi connectivity index (χ1) is 12.5. The van der Waals surface area contributed by atoms with Gasteiger partial charge in [-0.1, -0.05) is 59.3 Å². The van der Waals surface area contributed by atoms with Crippen LogP contribution in [0.1, 0.15) is 11.1 Å². The molecule has 1 aliphatic rings. The molecule has 0 saturated carbocycles. The minimum atomic E-state index is -0.201. The van der Waals surface area contributed by atoms with E-state index in [4.69, 9.17) is 44.9 Å². The fourth-order valence-electron chi connectivity index (χ4n) is 2.29. The summed E-state index contributed by atoms with van der Waals surface area (Å²) in [5.41, 5.74) is 1.50. The third-order valence-electron chi connectivity index (χ3n) is 3.56. The Balaban J connectivity index is 1.80. The summed E-state index contributed by atoms with van der Waals surface area (Å²) in [6.07, 6.45) is 1.75. The molecule has 0 atom stereocenters. The monoisotopic (exact) mass is 425 g/mol. The number of nitrogens with one attached hydrogen (secondary N) is 1. The van der Waals surface area contributed by atoms with Gasteiger partial charge >= 0.3 is 0 Å². The van der Waals surface area contributed by atoms with Crippen LogP contribution in [0.2, 0.25) is 10.0 Å². The molecule has 3 rings (SSSR count). The van der Waals surface area contributed by atoms with E-state index in [1.165, 1.54) is 11.8 Å². The molecule has 1 N–H and O–H groups in total. The SMILES string of the molecule is COc1cc(C=C2SC(=S)NC2=O)ccc1OCc1c(Cl)cccc1Cl. The van der Waals surface area contributed by atoms with Crippen molar-refractivity contribution in [1.29, 1.82) is 0 Å². The Hall–Kier alpha value is -1.73. The van der Waals surface area contributed by atoms with Gasteiger partial charge in [-0.15, -0.1) is 0 Å². The molecule has 2 aromatic carbocycles. The molecular weight excluding hydrogens is 413 g/mol. The van der Waals surface area contributed by atoms with Crippen molar-refractivity contribution in [1.82, 2.24) is 5.32 Å². The Bertz CT molecular complexity index is 895. The van der Waals surface area contributed by atoms with Crippen LogP contribution in [0.4, 0.5) is 0 Å². The normalized spacial score (nSPS) is 15.3. The number of benzene rings is 2. The molecule has 1 aliphatic heterocycles. The predicted molar refractivity (Wildman–Crippen MR) is 110 cm³/mol. The highest BCUT2D eigenvalue weighted by Crippen LogP contribution is 2.33. The number of halogens is 2. The van der Waals surface area contributed by atoms with Crippen molar-refractivity contribution in [2.45, 2.75) is 6.61 Å². The van der Waals surface area contributed by atoms with Crippen LogP contribution in [0.15, 0.2) is 41.3 Å². The largest absolute Gasteiger partial charge is 0.493 e. The topological polar surface area (TPSA) is 47.6 Å². The van der Waals surface area contributed by atoms with Gasteiger partial charge in [0.15, 0.2) is 11.5 Å². The van der Waals surface area contributed by atoms with Crippen molar-refractivity contribution in [3.63, 3.8) is 0 Å². The van der Waals surface area contributed by atoms with E-state index in [2.05, 4.69) is 5.32 Å². The number of amides is 1. The summed E-state index contributed by atoms with van der Waals surface area (Å²) in [7, 11) is 1.55. The highest BCUT2D eigenvalue weighted by molar-refractivity contribution is 8.26. The number of hydrogen-bond donors (Lipinski definition) is 1. The molecule has 2 aromatic rings. The molecule has 1 amide bonds. The van der Waals surface area contributed by atoms with Crippen molar-refractivity contribution in [3.05, 3.63) is 62.5 Å². The first kappa shape index (κ1) is 19.0. The number of carbonyl (C=O) groups is 1. The Morgan fingerprint density at radius 1 is 1.19 bits per heavy atom. The van der Waals surface area contributed by atoms with Gasteiger partial charge in [-0.25, -0.2) is 0 Å². The van der Waals surface area contributed by atoms with Crippen LogP contribution in [-0.2, 0) is 11.4 Å². The molecule has 8 heteroatoms. The van der Waals surface area contributed by atoms with Crippen LogP contribution in [0.5, 0.6) is 11.5 Å². The highest BCUT2D eigenvalue weighted by atomic mass is 35.5. The lowest BCUT2D eigenvalue weighted by Gasteiger charge is -2.13. The van der Waals surface area contributed by atoms with Gasteiger partial charge in [0.05, 0.1) is 12.0 Å². The van der Waals surface area contributed by atoms with Gasteiger partial charge in [-0.3, -0.25) is 4.79 Å². The molecule has 0 radical (unpaired) electrons. The summed E-state index contributed by atoms with van der Waals surface area (Å²) in [4.78, 5) is 12.3. The molecule has 26 heavy (non-hydrogen) atoms. The van der Waals surface area contributed by atoms with Crippen molar-refractivity contribution < 1.29 is 14.3 Å². The lowest BCUT2D eigenvalue weighted by molar-refractivity contribution is -0.115. The summed E-state index contributed by atoms with van der Waals surface area (Å²) in [6.45, 7) is 0.210. The van der Waals surface area contributed by atoms with E-state index in [0.717, 1.165) is 5.56 Å². The second-order valence-corrected chi connectivity index (χ2v) is 7.78. The molecule has 0 unspecified atom stereocenters. The molecule has 1 fully saturated rings. The molecular formula is C18H13Cl2NO3S2. The van der Waals surface area contributed by atoms with Crippen LogP contribution in [-0.4, -0.2) is 17.3 Å². The number of methoxy groups -OCH3 is 1. The summed E-state index contributed by atoms with van der Waals surface area (Å²) in [6, 6.07) is 10.7. The van der Waals surface area contributed by atoms with Crippen molar-refractivity contribution in [2.75, 3.05) is 7.11 Å². The Kier molecular flexibility index (Phi) is 6.09. The third kappa shape index (κ3) is 4.32. The quantitative estimate of drug-likeness (QED) is 0.535. The van der Waals surface area contributed by atoms with Crippen LogP contribution in [0, 0.1) is 0 Å². The Labute approximate surface area is 170 Å². The average molecular weight is 426 g/mol. The zero-order valence-electron chi connectivity index (χ0n) is 13.5. The zero-order valence-corrected chi connectivity index (χ0v) is 16.7. The van der Waals surface area contributed by atoms with Gasteiger partial charge in [0, 0.05) is 15.6 Å². The first-order valence-electron chi connectivity index (χ1n) is 7.46. The maximum atomic E-state index is 11.8. The summed E-state index contributed by atoms with van der Waals surface area (Å²) < 4.78 is 11.7. The number of thioether (sulfide) groups is 1. The molecule has 1 saturated heterocycles. The molecule has 4 nitrogen and oxygen atoms in total. The molecule has 134 valence electrons. The standard InChI is InChI=1S/C18H13Cl2NO3S2/c1-23-15-7-10(8-16-17(22)21-18(25)26-16)5-6-14(15)24-9-11-12(19)3-2-4-13(11)20/h2-8H,9H2,1H3,(H,21,22,25). The van der Waals surface area contributed by atoms with E-state index in [1.807, 2.05) is 6.07 Å². The lowest BCUT2D eigenvalue weighted by atomic mass is 10.2. The zero-order chi connectivity index (χ0) is 18.7. The van der Waals surface area contributed by atoms with E-state index in [1.54, 1.807) is 43.5 Å². The van der Waals surface area contributed by atoms with Crippen LogP contribution in [0.25, 0.3) is 6.08 Å². The van der Waals surface area contributed by atoms with E-state index < -0.39 is 0 Å². The van der Waals surface area contributed by atoms with Crippen LogP contribution < -0.4 is 14.8 Å². The Morgan fingerprint density at radius 2 is 1.92 bits per heavy atom. The number of rotatable bonds is 5. The van der Waals surface area contributed by atoms with E-state index in [0.29, 0.717) is 36.3 Å². The average Bonchev–Trinajstić information content (AvgIpc) is 2.92. The predicted octanol–water partition coefficient (Wildman–Crippen LogP) is 5.07. The molecule has 0 bridgehead atoms. The number of thiocarbonyl (C=S) groups is 1. The summed E-state index contributed by atoms with van der Waals surface area (Å²) >= 11 is 18.5. The first-order valence-corrected chi connectivity index (χ1v) is 9.44. The van der Waals surface area contributed by atoms with Gasteiger partial charge in [-0.05, 0) is 35.9 Å². The number of carbonyl (C=O) groups excluding carboxylic acids is 1. The van der Waals surface area contributed by atoms with E-state index in [-0.39, 0.29) is 12.5 Å². The molecule has 0 aromatic heterocycles. The molecule has 0 spiro atoms. The lowest BCUT2D eigenvalue weighted by Crippen LogP contribution is -2.17. The van der Waals surface area contributed by atoms with Crippen LogP contribution >= 0.6 is 47.2 Å². The summed E-state index contributed by atoms with van der Waals surface area (Å²) in [5, 5.41) is 3.66. The highest BCUT2D eigenvalue weighted by Gasteiger charge is 2.22. The van der Waals surface area contributed by atoms with Crippen molar-refractivity contribution >= 4 is 63.5 Å². The van der Waals surface area contributed by atoms with Gasteiger partial charge in [-0.2, -0.15) is 0 Å². The van der Waals surface area contributed by atoms with E-state index >= 15 is 0 Å². The maximum absolute atomic E-state index is 11.8. The molecule has 0 aliphatic carbocycles. The van der Waals surface area contributed by atoms with Gasteiger partial charge in [0.1, 0.15) is 10.9 Å². The van der Waals surface area contributed by atoms with Gasteiger partial charge in [0.2, 0.25) is 0 Å². The smallest absolute Gasteiger partial charge is 0.263 e. The maximum Gasteiger partial charge on any atom is 0.263 e. The Morgan fingerprint density at radius 3 is 2.54 bits per heavy atom. The second kappa shape index (κ2) is 8.31. The number of ether oxygens (including phenoxy) is 2. The fourth-order valence-corrected chi connectivity index (χ4v) is 3.84. The fraction of sp³-hybridized carbons (Fsp3) is 0.111. The minimum Gasteiger partial charge on any atom is -0.493 e. The number of hydrogen-bond acceptors (Lipinski definition) is 5. The van der Waals surface area contributed by atoms with E-state index in [9.17, 15) is 4.79 Å². The third-order valence-corrected chi connectivity index (χ3v) is 5.43. The van der Waals surface area contributed by atoms with Gasteiger partial charge < -0.3 is 14.8 Å². The van der Waals surface area contributed by atoms with Crippen molar-refractivity contribution in [3.8, 4) is 11.5 Å². The minimum absolute atomic E-state index is 0.201. The van der Waals surface area contributed by atoms with Gasteiger partial charge in [0.25, 0.3) is 5.91 Å². The van der Waals surface area contributed by atoms with Crippen LogP contribution in [0.3, 0.4) is 0 Å². The second-order valence-electron chi connectivity index (χ2n) is 5.25. The summed E-state index contributed by atoms with van der Waals surface area (Å²) in [5.74, 6) is 0.880. The van der Waals surface area contributed by atoms with Crippen molar-refractivity contribution in [2.24, 2.45) is 0 Å². The molecule has 1 heterocycles.